The van der Waals surface area contributed by atoms with Gasteiger partial charge in [-0.1, -0.05) is 48.5 Å². The molecular formula is C29H31N5O5S. The number of sulfonamides is 1. The van der Waals surface area contributed by atoms with E-state index >= 15 is 0 Å². The van der Waals surface area contributed by atoms with E-state index in [0.717, 1.165) is 21.7 Å². The van der Waals surface area contributed by atoms with Crippen LogP contribution in [0.1, 0.15) is 23.6 Å². The monoisotopic (exact) mass is 561 g/mol. The van der Waals surface area contributed by atoms with Crippen LogP contribution in [0.4, 0.5) is 17.1 Å². The standard InChI is InChI=1S/C29H31N5O5S/c1-19(35)30-17-20-12-14-21(15-13-20)28(27-24-10-5-6-11-25(24)32-29(27)37)31-22-8-7-9-23(16-22)34(40(4,38)39)18-26(36)33(2)3/h5-16,31H,17-18H2,1-4H3,(H,30,35)(H,32,37). The fraction of sp³-hybridized carbons (Fsp3) is 0.207. The van der Waals surface area contributed by atoms with Gasteiger partial charge in [0.1, 0.15) is 6.54 Å². The Morgan fingerprint density at radius 2 is 1.65 bits per heavy atom. The molecule has 40 heavy (non-hydrogen) atoms. The molecule has 0 atom stereocenters. The van der Waals surface area contributed by atoms with E-state index in [1.54, 1.807) is 38.4 Å². The number of likely N-dealkylation sites (N-methyl/N-ethyl adjacent to an activating group) is 1. The van der Waals surface area contributed by atoms with Crippen molar-refractivity contribution in [2.45, 2.75) is 13.5 Å². The lowest BCUT2D eigenvalue weighted by molar-refractivity contribution is -0.127. The second kappa shape index (κ2) is 11.6. The number of anilines is 3. The first-order chi connectivity index (χ1) is 18.9. The fourth-order valence-corrected chi connectivity index (χ4v) is 5.05. The van der Waals surface area contributed by atoms with Crippen molar-refractivity contribution in [1.82, 2.24) is 10.2 Å². The Morgan fingerprint density at radius 3 is 2.30 bits per heavy atom. The minimum atomic E-state index is -3.77. The highest BCUT2D eigenvalue weighted by molar-refractivity contribution is 7.92. The van der Waals surface area contributed by atoms with E-state index in [4.69, 9.17) is 0 Å². The third-order valence-corrected chi connectivity index (χ3v) is 7.43. The molecule has 0 saturated heterocycles. The zero-order valence-corrected chi connectivity index (χ0v) is 23.5. The van der Waals surface area contributed by atoms with E-state index in [-0.39, 0.29) is 24.3 Å². The molecule has 1 aliphatic rings. The second-order valence-electron chi connectivity index (χ2n) is 9.59. The van der Waals surface area contributed by atoms with Crippen molar-refractivity contribution in [2.24, 2.45) is 0 Å². The van der Waals surface area contributed by atoms with Crippen molar-refractivity contribution < 1.29 is 22.8 Å². The third kappa shape index (κ3) is 6.49. The van der Waals surface area contributed by atoms with E-state index in [0.29, 0.717) is 40.4 Å². The van der Waals surface area contributed by atoms with Gasteiger partial charge in [-0.3, -0.25) is 18.7 Å². The van der Waals surface area contributed by atoms with E-state index < -0.39 is 10.0 Å². The number of carbonyl (C=O) groups excluding carboxylic acids is 3. The van der Waals surface area contributed by atoms with Gasteiger partial charge in [0.05, 0.1) is 23.2 Å². The number of benzene rings is 3. The van der Waals surface area contributed by atoms with Crippen molar-refractivity contribution in [3.63, 3.8) is 0 Å². The molecule has 0 saturated carbocycles. The molecule has 0 radical (unpaired) electrons. The van der Waals surface area contributed by atoms with Crippen LogP contribution in [-0.4, -0.2) is 57.9 Å². The molecule has 0 aliphatic carbocycles. The smallest absolute Gasteiger partial charge is 0.258 e. The summed E-state index contributed by atoms with van der Waals surface area (Å²) in [6, 6.07) is 21.4. The van der Waals surface area contributed by atoms with Crippen LogP contribution in [0.2, 0.25) is 0 Å². The molecule has 3 amide bonds. The van der Waals surface area contributed by atoms with E-state index in [1.165, 1.54) is 11.8 Å². The second-order valence-corrected chi connectivity index (χ2v) is 11.5. The first kappa shape index (κ1) is 28.4. The van der Waals surface area contributed by atoms with Crippen LogP contribution in [0, 0.1) is 0 Å². The van der Waals surface area contributed by atoms with Gasteiger partial charge in [0.25, 0.3) is 5.91 Å². The maximum atomic E-state index is 13.2. The van der Waals surface area contributed by atoms with E-state index in [9.17, 15) is 22.8 Å². The number of carbonyl (C=O) groups is 3. The molecule has 1 heterocycles. The van der Waals surface area contributed by atoms with Crippen LogP contribution in [0.5, 0.6) is 0 Å². The zero-order chi connectivity index (χ0) is 29.0. The maximum Gasteiger partial charge on any atom is 0.258 e. The largest absolute Gasteiger partial charge is 0.354 e. The van der Waals surface area contributed by atoms with Crippen LogP contribution in [0.15, 0.2) is 72.8 Å². The highest BCUT2D eigenvalue weighted by atomic mass is 32.2. The van der Waals surface area contributed by atoms with Gasteiger partial charge in [-0.25, -0.2) is 8.42 Å². The van der Waals surface area contributed by atoms with Crippen LogP contribution in [0.3, 0.4) is 0 Å². The fourth-order valence-electron chi connectivity index (χ4n) is 4.21. The molecule has 11 heteroatoms. The predicted molar refractivity (Wildman–Crippen MR) is 157 cm³/mol. The van der Waals surface area contributed by atoms with Crippen molar-refractivity contribution in [2.75, 3.05) is 41.8 Å². The van der Waals surface area contributed by atoms with Gasteiger partial charge < -0.3 is 20.9 Å². The van der Waals surface area contributed by atoms with Crippen molar-refractivity contribution in [3.8, 4) is 0 Å². The lowest BCUT2D eigenvalue weighted by Crippen LogP contribution is -2.39. The maximum absolute atomic E-state index is 13.2. The quantitative estimate of drug-likeness (QED) is 0.345. The first-order valence-electron chi connectivity index (χ1n) is 12.5. The minimum Gasteiger partial charge on any atom is -0.354 e. The summed E-state index contributed by atoms with van der Waals surface area (Å²) in [4.78, 5) is 38.2. The SMILES string of the molecule is CC(=O)NCc1ccc(C(Nc2cccc(N(CC(=O)N(C)C)S(C)(=O)=O)c2)=C2C(=O)Nc3ccccc32)cc1. The molecule has 0 spiro atoms. The number of para-hydroxylation sites is 1. The Labute approximate surface area is 233 Å². The molecule has 10 nitrogen and oxygen atoms in total. The van der Waals surface area contributed by atoms with Crippen molar-refractivity contribution in [3.05, 3.63) is 89.5 Å². The summed E-state index contributed by atoms with van der Waals surface area (Å²) in [5.41, 5.74) is 4.77. The van der Waals surface area contributed by atoms with Crippen LogP contribution in [-0.2, 0) is 31.0 Å². The molecule has 0 fully saturated rings. The molecule has 3 aromatic rings. The molecule has 3 aromatic carbocycles. The summed E-state index contributed by atoms with van der Waals surface area (Å²) >= 11 is 0. The van der Waals surface area contributed by atoms with E-state index in [1.807, 2.05) is 48.5 Å². The molecular weight excluding hydrogens is 530 g/mol. The van der Waals surface area contributed by atoms with Gasteiger partial charge in [-0.15, -0.1) is 0 Å². The Morgan fingerprint density at radius 1 is 0.950 bits per heavy atom. The number of nitrogens with one attached hydrogen (secondary N) is 3. The Balaban J connectivity index is 1.78. The molecule has 0 bridgehead atoms. The van der Waals surface area contributed by atoms with Gasteiger partial charge in [0.15, 0.2) is 0 Å². The summed E-state index contributed by atoms with van der Waals surface area (Å²) in [6.45, 7) is 1.47. The summed E-state index contributed by atoms with van der Waals surface area (Å²) in [7, 11) is -0.651. The van der Waals surface area contributed by atoms with Crippen molar-refractivity contribution in [1.29, 1.82) is 0 Å². The highest BCUT2D eigenvalue weighted by Crippen LogP contribution is 2.37. The summed E-state index contributed by atoms with van der Waals surface area (Å²) < 4.78 is 26.3. The number of nitrogens with zero attached hydrogens (tertiary/aromatic N) is 2. The minimum absolute atomic E-state index is 0.136. The van der Waals surface area contributed by atoms with Crippen molar-refractivity contribution >= 4 is 56.1 Å². The van der Waals surface area contributed by atoms with Gasteiger partial charge in [0.2, 0.25) is 21.8 Å². The number of rotatable bonds is 9. The molecule has 208 valence electrons. The van der Waals surface area contributed by atoms with Gasteiger partial charge in [0, 0.05) is 44.5 Å². The third-order valence-electron chi connectivity index (χ3n) is 6.29. The summed E-state index contributed by atoms with van der Waals surface area (Å²) in [5, 5.41) is 8.99. The zero-order valence-electron chi connectivity index (χ0n) is 22.7. The lowest BCUT2D eigenvalue weighted by Gasteiger charge is -2.24. The number of amides is 3. The predicted octanol–water partition coefficient (Wildman–Crippen LogP) is 3.11. The number of hydrogen-bond donors (Lipinski definition) is 3. The van der Waals surface area contributed by atoms with Gasteiger partial charge in [-0.05, 0) is 35.4 Å². The average molecular weight is 562 g/mol. The average Bonchev–Trinajstić information content (AvgIpc) is 3.24. The van der Waals surface area contributed by atoms with Crippen LogP contribution < -0.4 is 20.3 Å². The Bertz CT molecular complexity index is 1600. The van der Waals surface area contributed by atoms with Crippen LogP contribution in [0.25, 0.3) is 11.3 Å². The number of fused-ring (bicyclic) bond motifs is 1. The lowest BCUT2D eigenvalue weighted by atomic mass is 9.99. The first-order valence-corrected chi connectivity index (χ1v) is 14.3. The van der Waals surface area contributed by atoms with Gasteiger partial charge >= 0.3 is 0 Å². The summed E-state index contributed by atoms with van der Waals surface area (Å²) in [5.74, 6) is -0.787. The topological polar surface area (TPSA) is 128 Å². The van der Waals surface area contributed by atoms with E-state index in [2.05, 4.69) is 16.0 Å². The Hall–Kier alpha value is -4.64. The molecule has 1 aliphatic heterocycles. The molecule has 3 N–H and O–H groups in total. The molecule has 0 unspecified atom stereocenters. The summed E-state index contributed by atoms with van der Waals surface area (Å²) in [6.07, 6.45) is 1.05. The highest BCUT2D eigenvalue weighted by Gasteiger charge is 2.28. The van der Waals surface area contributed by atoms with Crippen LogP contribution >= 0.6 is 0 Å². The van der Waals surface area contributed by atoms with Gasteiger partial charge in [-0.2, -0.15) is 0 Å². The molecule has 0 aromatic heterocycles. The molecule has 4 rings (SSSR count). The normalized spacial score (nSPS) is 13.7. The Kier molecular flexibility index (Phi) is 8.24. The number of hydrogen-bond acceptors (Lipinski definition) is 6.